The maximum atomic E-state index is 13.5. The van der Waals surface area contributed by atoms with Gasteiger partial charge in [0.1, 0.15) is 11.7 Å². The van der Waals surface area contributed by atoms with Crippen LogP contribution in [0.15, 0.2) is 36.5 Å². The highest BCUT2D eigenvalue weighted by Gasteiger charge is 2.32. The molecule has 2 aromatic heterocycles. The average molecular weight is 418 g/mol. The van der Waals surface area contributed by atoms with Crippen LogP contribution in [0.1, 0.15) is 35.1 Å². The lowest BCUT2D eigenvalue weighted by molar-refractivity contribution is -0.909. The van der Waals surface area contributed by atoms with E-state index < -0.39 is 0 Å². The van der Waals surface area contributed by atoms with E-state index in [1.165, 1.54) is 13.0 Å². The monoisotopic (exact) mass is 417 g/mol. The van der Waals surface area contributed by atoms with Crippen LogP contribution in [-0.4, -0.2) is 46.3 Å². The van der Waals surface area contributed by atoms with E-state index in [0.29, 0.717) is 17.6 Å². The van der Waals surface area contributed by atoms with E-state index in [4.69, 9.17) is 11.6 Å². The Hall–Kier alpha value is -1.89. The molecular formula is C21H26ClN4OS+. The van der Waals surface area contributed by atoms with E-state index in [9.17, 15) is 4.79 Å². The van der Waals surface area contributed by atoms with Gasteiger partial charge in [-0.05, 0) is 24.4 Å². The normalized spacial score (nSPS) is 19.4. The predicted octanol–water partition coefficient (Wildman–Crippen LogP) is 3.00. The molecule has 1 aliphatic heterocycles. The van der Waals surface area contributed by atoms with Gasteiger partial charge in [0, 0.05) is 30.8 Å². The first-order valence-corrected chi connectivity index (χ1v) is 11.0. The van der Waals surface area contributed by atoms with Crippen molar-refractivity contribution in [3.63, 3.8) is 0 Å². The number of benzene rings is 1. The minimum absolute atomic E-state index is 0.0743. The van der Waals surface area contributed by atoms with Crippen molar-refractivity contribution in [3.8, 4) is 0 Å². The molecule has 1 aromatic carbocycles. The van der Waals surface area contributed by atoms with E-state index in [0.717, 1.165) is 40.2 Å². The van der Waals surface area contributed by atoms with Crippen LogP contribution in [0.2, 0.25) is 5.02 Å². The minimum Gasteiger partial charge on any atom is -0.331 e. The highest BCUT2D eigenvalue weighted by Crippen LogP contribution is 2.27. The van der Waals surface area contributed by atoms with Gasteiger partial charge in [-0.1, -0.05) is 29.8 Å². The van der Waals surface area contributed by atoms with Crippen molar-refractivity contribution in [1.82, 2.24) is 14.7 Å². The summed E-state index contributed by atoms with van der Waals surface area (Å²) in [7, 11) is 1.85. The topological polar surface area (TPSA) is 42.6 Å². The summed E-state index contributed by atoms with van der Waals surface area (Å²) in [6, 6.07) is 10.6. The Bertz CT molecular complexity index is 949. The third kappa shape index (κ3) is 3.95. The molecule has 0 saturated carbocycles. The first-order chi connectivity index (χ1) is 13.5. The van der Waals surface area contributed by atoms with Crippen molar-refractivity contribution in [2.45, 2.75) is 32.4 Å². The lowest BCUT2D eigenvalue weighted by Crippen LogP contribution is -3.14. The van der Waals surface area contributed by atoms with Crippen molar-refractivity contribution >= 4 is 38.9 Å². The number of rotatable bonds is 6. The SMILES string of the molecule is CC[NH+]1CCC[C@H]1CN(Cc1nn(C)cc1Cl)C(=O)c1cc2ccccc2s1. The average Bonchev–Trinajstić information content (AvgIpc) is 3.39. The maximum absolute atomic E-state index is 13.5. The third-order valence-electron chi connectivity index (χ3n) is 5.64. The van der Waals surface area contributed by atoms with Gasteiger partial charge in [0.15, 0.2) is 0 Å². The largest absolute Gasteiger partial charge is 0.331 e. The standard InChI is InChI=1S/C21H25ClN4OS/c1-3-25-10-6-8-16(25)12-26(14-18-17(22)13-24(2)23-18)21(27)20-11-15-7-4-5-9-19(15)28-20/h4-5,7,9,11,13,16H,3,6,8,10,12,14H2,1-2H3/p+1/t16-/m0/s1. The number of likely N-dealkylation sites (N-methyl/N-ethyl adjacent to an activating group) is 1. The molecule has 7 heteroatoms. The van der Waals surface area contributed by atoms with Crippen LogP contribution in [0.3, 0.4) is 0 Å². The summed E-state index contributed by atoms with van der Waals surface area (Å²) >= 11 is 7.91. The number of carbonyl (C=O) groups is 1. The molecule has 1 N–H and O–H groups in total. The van der Waals surface area contributed by atoms with Gasteiger partial charge < -0.3 is 9.80 Å². The van der Waals surface area contributed by atoms with E-state index in [1.807, 2.05) is 30.1 Å². The number of halogens is 1. The van der Waals surface area contributed by atoms with E-state index in [-0.39, 0.29) is 5.91 Å². The lowest BCUT2D eigenvalue weighted by Gasteiger charge is -2.27. The second-order valence-electron chi connectivity index (χ2n) is 7.53. The molecule has 0 aliphatic carbocycles. The highest BCUT2D eigenvalue weighted by molar-refractivity contribution is 7.20. The zero-order valence-electron chi connectivity index (χ0n) is 16.3. The molecule has 0 bridgehead atoms. The highest BCUT2D eigenvalue weighted by atomic mass is 35.5. The summed E-state index contributed by atoms with van der Waals surface area (Å²) in [4.78, 5) is 17.8. The molecule has 1 unspecified atom stereocenters. The molecular weight excluding hydrogens is 392 g/mol. The maximum Gasteiger partial charge on any atom is 0.264 e. The van der Waals surface area contributed by atoms with Gasteiger partial charge in [-0.3, -0.25) is 9.48 Å². The van der Waals surface area contributed by atoms with Crippen molar-refractivity contribution in [2.75, 3.05) is 19.6 Å². The summed E-state index contributed by atoms with van der Waals surface area (Å²) in [6.07, 6.45) is 4.18. The number of nitrogens with zero attached hydrogens (tertiary/aromatic N) is 3. The van der Waals surface area contributed by atoms with Gasteiger partial charge >= 0.3 is 0 Å². The molecule has 1 amide bonds. The Morgan fingerprint density at radius 3 is 2.96 bits per heavy atom. The Kier molecular flexibility index (Phi) is 5.71. The van der Waals surface area contributed by atoms with Gasteiger partial charge in [0.05, 0.1) is 36.1 Å². The number of amides is 1. The molecule has 0 spiro atoms. The molecule has 2 atom stereocenters. The number of carbonyl (C=O) groups excluding carboxylic acids is 1. The molecule has 5 nitrogen and oxygen atoms in total. The fourth-order valence-corrected chi connectivity index (χ4v) is 5.46. The molecule has 3 heterocycles. The van der Waals surface area contributed by atoms with Gasteiger partial charge in [-0.2, -0.15) is 5.10 Å². The number of hydrogen-bond donors (Lipinski definition) is 1. The van der Waals surface area contributed by atoms with Crippen LogP contribution in [-0.2, 0) is 13.6 Å². The summed E-state index contributed by atoms with van der Waals surface area (Å²) in [5.74, 6) is 0.0743. The molecule has 1 fully saturated rings. The summed E-state index contributed by atoms with van der Waals surface area (Å²) < 4.78 is 2.85. The van der Waals surface area contributed by atoms with E-state index in [2.05, 4.69) is 24.2 Å². The molecule has 28 heavy (non-hydrogen) atoms. The van der Waals surface area contributed by atoms with E-state index in [1.54, 1.807) is 27.1 Å². The number of thiophene rings is 1. The fraction of sp³-hybridized carbons (Fsp3) is 0.429. The van der Waals surface area contributed by atoms with Crippen molar-refractivity contribution in [3.05, 3.63) is 52.1 Å². The van der Waals surface area contributed by atoms with Crippen LogP contribution in [0, 0.1) is 0 Å². The molecule has 148 valence electrons. The van der Waals surface area contributed by atoms with E-state index >= 15 is 0 Å². The Balaban J connectivity index is 1.62. The zero-order valence-corrected chi connectivity index (χ0v) is 17.9. The summed E-state index contributed by atoms with van der Waals surface area (Å²) in [5, 5.41) is 6.20. The van der Waals surface area contributed by atoms with Crippen LogP contribution >= 0.6 is 22.9 Å². The smallest absolute Gasteiger partial charge is 0.264 e. The second kappa shape index (κ2) is 8.23. The number of nitrogens with one attached hydrogen (secondary N) is 1. The number of quaternary nitrogens is 1. The Morgan fingerprint density at radius 2 is 2.25 bits per heavy atom. The van der Waals surface area contributed by atoms with Crippen molar-refractivity contribution in [2.24, 2.45) is 7.05 Å². The van der Waals surface area contributed by atoms with Crippen LogP contribution in [0.5, 0.6) is 0 Å². The Labute approximate surface area is 174 Å². The first kappa shape index (κ1) is 19.4. The number of hydrogen-bond acceptors (Lipinski definition) is 3. The van der Waals surface area contributed by atoms with Crippen LogP contribution in [0.25, 0.3) is 10.1 Å². The predicted molar refractivity (Wildman–Crippen MR) is 114 cm³/mol. The number of fused-ring (bicyclic) bond motifs is 1. The lowest BCUT2D eigenvalue weighted by atomic mass is 10.2. The Morgan fingerprint density at radius 1 is 1.43 bits per heavy atom. The minimum atomic E-state index is 0.0743. The first-order valence-electron chi connectivity index (χ1n) is 9.85. The molecule has 4 rings (SSSR count). The molecule has 3 aromatic rings. The van der Waals surface area contributed by atoms with Gasteiger partial charge in [0.25, 0.3) is 5.91 Å². The fourth-order valence-electron chi connectivity index (χ4n) is 4.19. The molecule has 1 aliphatic rings. The quantitative estimate of drug-likeness (QED) is 0.670. The van der Waals surface area contributed by atoms with Crippen LogP contribution < -0.4 is 4.90 Å². The van der Waals surface area contributed by atoms with Gasteiger partial charge in [-0.25, -0.2) is 0 Å². The number of likely N-dealkylation sites (tertiary alicyclic amines) is 1. The molecule has 1 saturated heterocycles. The third-order valence-corrected chi connectivity index (χ3v) is 7.06. The number of aromatic nitrogens is 2. The summed E-state index contributed by atoms with van der Waals surface area (Å²) in [5.41, 5.74) is 0.759. The summed E-state index contributed by atoms with van der Waals surface area (Å²) in [6.45, 7) is 5.70. The van der Waals surface area contributed by atoms with Crippen molar-refractivity contribution in [1.29, 1.82) is 0 Å². The van der Waals surface area contributed by atoms with Crippen molar-refractivity contribution < 1.29 is 9.69 Å². The number of aryl methyl sites for hydroxylation is 1. The second-order valence-corrected chi connectivity index (χ2v) is 9.02. The zero-order chi connectivity index (χ0) is 19.7. The van der Waals surface area contributed by atoms with Crippen LogP contribution in [0.4, 0.5) is 0 Å². The van der Waals surface area contributed by atoms with Gasteiger partial charge in [0.2, 0.25) is 0 Å². The molecule has 0 radical (unpaired) electrons. The van der Waals surface area contributed by atoms with Gasteiger partial charge in [-0.15, -0.1) is 11.3 Å².